The van der Waals surface area contributed by atoms with Gasteiger partial charge in [0, 0.05) is 11.6 Å². The third-order valence-electron chi connectivity index (χ3n) is 3.40. The van der Waals surface area contributed by atoms with Gasteiger partial charge in [0.25, 0.3) is 0 Å². The van der Waals surface area contributed by atoms with Crippen LogP contribution >= 0.6 is 0 Å². The Balaban J connectivity index is 2.32. The van der Waals surface area contributed by atoms with Crippen LogP contribution in [0.3, 0.4) is 0 Å². The molecule has 2 nitrogen and oxygen atoms in total. The Hall–Kier alpha value is -1.80. The summed E-state index contributed by atoms with van der Waals surface area (Å²) in [6.07, 6.45) is 0.180. The molecule has 0 aliphatic rings. The van der Waals surface area contributed by atoms with Crippen molar-refractivity contribution in [3.8, 4) is 16.9 Å². The smallest absolute Gasteiger partial charge is 0.127 e. The number of para-hydroxylation sites is 1. The molecular formula is C18H23NO. The van der Waals surface area contributed by atoms with Crippen LogP contribution in [0, 0.1) is 0 Å². The van der Waals surface area contributed by atoms with E-state index >= 15 is 0 Å². The Morgan fingerprint density at radius 1 is 0.900 bits per heavy atom. The van der Waals surface area contributed by atoms with Gasteiger partial charge in [-0.2, -0.15) is 0 Å². The summed E-state index contributed by atoms with van der Waals surface area (Å²) >= 11 is 0. The maximum Gasteiger partial charge on any atom is 0.127 e. The molecule has 2 aromatic rings. The first-order chi connectivity index (χ1) is 9.61. The molecule has 0 radical (unpaired) electrons. The lowest BCUT2D eigenvalue weighted by molar-refractivity contribution is 0.243. The summed E-state index contributed by atoms with van der Waals surface area (Å²) in [6, 6.07) is 17.2. The second-order valence-corrected chi connectivity index (χ2v) is 5.30. The minimum atomic E-state index is 0.180. The van der Waals surface area contributed by atoms with Gasteiger partial charge in [-0.1, -0.05) is 42.5 Å². The number of nitrogens with one attached hydrogen (secondary N) is 1. The second kappa shape index (κ2) is 6.58. The van der Waals surface area contributed by atoms with Crippen LogP contribution in [0.25, 0.3) is 11.1 Å². The molecule has 2 heteroatoms. The largest absolute Gasteiger partial charge is 0.490 e. The summed E-state index contributed by atoms with van der Waals surface area (Å²) in [5.74, 6) is 0.942. The minimum absolute atomic E-state index is 0.180. The van der Waals surface area contributed by atoms with Gasteiger partial charge >= 0.3 is 0 Å². The maximum absolute atomic E-state index is 5.89. The van der Waals surface area contributed by atoms with Crippen molar-refractivity contribution in [1.29, 1.82) is 0 Å². The van der Waals surface area contributed by atoms with Crippen molar-refractivity contribution in [2.45, 2.75) is 32.9 Å². The molecule has 2 aromatic carbocycles. The summed E-state index contributed by atoms with van der Waals surface area (Å²) in [7, 11) is 1.98. The van der Waals surface area contributed by atoms with Crippen molar-refractivity contribution < 1.29 is 4.74 Å². The van der Waals surface area contributed by atoms with Gasteiger partial charge in [0.2, 0.25) is 0 Å². The van der Waals surface area contributed by atoms with E-state index < -0.39 is 0 Å². The van der Waals surface area contributed by atoms with E-state index in [9.17, 15) is 0 Å². The van der Waals surface area contributed by atoms with E-state index in [0.29, 0.717) is 6.04 Å². The molecule has 0 fully saturated rings. The lowest BCUT2D eigenvalue weighted by Crippen LogP contribution is -2.11. The molecule has 0 amide bonds. The Kier molecular flexibility index (Phi) is 4.80. The number of hydrogen-bond donors (Lipinski definition) is 1. The molecule has 1 unspecified atom stereocenters. The van der Waals surface area contributed by atoms with Gasteiger partial charge in [-0.05, 0) is 45.0 Å². The summed E-state index contributed by atoms with van der Waals surface area (Å²) in [4.78, 5) is 0. The van der Waals surface area contributed by atoms with Gasteiger partial charge in [-0.15, -0.1) is 0 Å². The second-order valence-electron chi connectivity index (χ2n) is 5.30. The van der Waals surface area contributed by atoms with E-state index in [1.54, 1.807) is 0 Å². The van der Waals surface area contributed by atoms with Gasteiger partial charge in [-0.3, -0.25) is 0 Å². The number of benzene rings is 2. The summed E-state index contributed by atoms with van der Waals surface area (Å²) in [5, 5.41) is 3.25. The molecule has 0 aliphatic carbocycles. The van der Waals surface area contributed by atoms with E-state index in [2.05, 4.69) is 56.4 Å². The van der Waals surface area contributed by atoms with E-state index in [0.717, 1.165) is 11.3 Å². The fourth-order valence-corrected chi connectivity index (χ4v) is 2.18. The zero-order chi connectivity index (χ0) is 14.5. The Morgan fingerprint density at radius 2 is 1.55 bits per heavy atom. The van der Waals surface area contributed by atoms with Crippen LogP contribution in [-0.2, 0) is 0 Å². The van der Waals surface area contributed by atoms with Crippen LogP contribution in [0.2, 0.25) is 0 Å². The Morgan fingerprint density at radius 3 is 2.15 bits per heavy atom. The molecule has 0 saturated carbocycles. The van der Waals surface area contributed by atoms with Crippen molar-refractivity contribution in [3.63, 3.8) is 0 Å². The normalized spacial score (nSPS) is 12.4. The van der Waals surface area contributed by atoms with Gasteiger partial charge in [0.15, 0.2) is 0 Å². The van der Waals surface area contributed by atoms with Gasteiger partial charge < -0.3 is 10.1 Å². The van der Waals surface area contributed by atoms with Crippen LogP contribution in [0.4, 0.5) is 0 Å². The highest BCUT2D eigenvalue weighted by atomic mass is 16.5. The lowest BCUT2D eigenvalue weighted by atomic mass is 10.0. The molecular weight excluding hydrogens is 246 g/mol. The molecule has 0 saturated heterocycles. The van der Waals surface area contributed by atoms with E-state index in [4.69, 9.17) is 4.74 Å². The van der Waals surface area contributed by atoms with Gasteiger partial charge in [0.1, 0.15) is 5.75 Å². The van der Waals surface area contributed by atoms with Crippen molar-refractivity contribution in [2.24, 2.45) is 0 Å². The van der Waals surface area contributed by atoms with Crippen molar-refractivity contribution in [3.05, 3.63) is 54.1 Å². The minimum Gasteiger partial charge on any atom is -0.490 e. The molecule has 0 aromatic heterocycles. The molecule has 0 heterocycles. The predicted octanol–water partition coefficient (Wildman–Crippen LogP) is 4.42. The van der Waals surface area contributed by atoms with Crippen molar-refractivity contribution >= 4 is 0 Å². The molecule has 2 rings (SSSR count). The molecule has 0 bridgehead atoms. The molecule has 20 heavy (non-hydrogen) atoms. The van der Waals surface area contributed by atoms with Gasteiger partial charge in [-0.25, -0.2) is 0 Å². The Labute approximate surface area is 121 Å². The summed E-state index contributed by atoms with van der Waals surface area (Å²) < 4.78 is 5.89. The first kappa shape index (κ1) is 14.6. The zero-order valence-electron chi connectivity index (χ0n) is 12.7. The maximum atomic E-state index is 5.89. The zero-order valence-corrected chi connectivity index (χ0v) is 12.7. The van der Waals surface area contributed by atoms with Crippen LogP contribution in [0.15, 0.2) is 48.5 Å². The van der Waals surface area contributed by atoms with Crippen molar-refractivity contribution in [1.82, 2.24) is 5.32 Å². The first-order valence-corrected chi connectivity index (χ1v) is 7.15. The van der Waals surface area contributed by atoms with Crippen LogP contribution in [0.5, 0.6) is 5.75 Å². The quantitative estimate of drug-likeness (QED) is 0.867. The summed E-state index contributed by atoms with van der Waals surface area (Å²) in [6.45, 7) is 6.26. The fourth-order valence-electron chi connectivity index (χ4n) is 2.18. The SMILES string of the molecule is CNC(C)c1ccc(-c2ccccc2OC(C)C)cc1. The molecule has 0 aliphatic heterocycles. The molecule has 0 spiro atoms. The molecule has 1 N–H and O–H groups in total. The number of ether oxygens (including phenoxy) is 1. The van der Waals surface area contributed by atoms with Crippen LogP contribution in [-0.4, -0.2) is 13.2 Å². The van der Waals surface area contributed by atoms with E-state index in [1.165, 1.54) is 11.1 Å². The van der Waals surface area contributed by atoms with E-state index in [-0.39, 0.29) is 6.10 Å². The number of rotatable bonds is 5. The molecule has 1 atom stereocenters. The third-order valence-corrected chi connectivity index (χ3v) is 3.40. The van der Waals surface area contributed by atoms with Gasteiger partial charge in [0.05, 0.1) is 6.10 Å². The monoisotopic (exact) mass is 269 g/mol. The third kappa shape index (κ3) is 3.40. The highest BCUT2D eigenvalue weighted by Crippen LogP contribution is 2.31. The standard InChI is InChI=1S/C18H23NO/c1-13(2)20-18-8-6-5-7-17(18)16-11-9-15(10-12-16)14(3)19-4/h5-14,19H,1-4H3. The van der Waals surface area contributed by atoms with Crippen molar-refractivity contribution in [2.75, 3.05) is 7.05 Å². The average molecular weight is 269 g/mol. The topological polar surface area (TPSA) is 21.3 Å². The highest BCUT2D eigenvalue weighted by molar-refractivity contribution is 5.70. The van der Waals surface area contributed by atoms with Crippen LogP contribution < -0.4 is 10.1 Å². The number of hydrogen-bond acceptors (Lipinski definition) is 2. The predicted molar refractivity (Wildman–Crippen MR) is 85.1 cm³/mol. The Bertz CT molecular complexity index is 546. The average Bonchev–Trinajstić information content (AvgIpc) is 2.46. The molecule has 106 valence electrons. The first-order valence-electron chi connectivity index (χ1n) is 7.15. The summed E-state index contributed by atoms with van der Waals surface area (Å²) in [5.41, 5.74) is 3.62. The fraction of sp³-hybridized carbons (Fsp3) is 0.333. The highest BCUT2D eigenvalue weighted by Gasteiger charge is 2.08. The van der Waals surface area contributed by atoms with Crippen LogP contribution in [0.1, 0.15) is 32.4 Å². The lowest BCUT2D eigenvalue weighted by Gasteiger charge is -2.15. The van der Waals surface area contributed by atoms with E-state index in [1.807, 2.05) is 25.2 Å².